The summed E-state index contributed by atoms with van der Waals surface area (Å²) >= 11 is 0. The minimum Gasteiger partial charge on any atom is -0.308 e. The van der Waals surface area contributed by atoms with Crippen molar-refractivity contribution in [3.05, 3.63) is 95.1 Å². The Kier molecular flexibility index (Phi) is 5.12. The molecule has 0 N–H and O–H groups in total. The van der Waals surface area contributed by atoms with Gasteiger partial charge in [-0.1, -0.05) is 24.3 Å². The highest BCUT2D eigenvalue weighted by atomic mass is 19.4. The van der Waals surface area contributed by atoms with Crippen LogP contribution >= 0.6 is 0 Å². The van der Waals surface area contributed by atoms with Gasteiger partial charge in [-0.05, 0) is 48.5 Å². The van der Waals surface area contributed by atoms with Gasteiger partial charge in [-0.15, -0.1) is 0 Å². The largest absolute Gasteiger partial charge is 0.416 e. The Morgan fingerprint density at radius 3 is 0.708 bits per heavy atom. The smallest absolute Gasteiger partial charge is 0.308 e. The Balaban J connectivity index is 1.63. The van der Waals surface area contributed by atoms with Crippen LogP contribution in [0.4, 0.5) is 52.7 Å². The zero-order chi connectivity index (χ0) is 34.0. The Morgan fingerprint density at radius 1 is 0.312 bits per heavy atom. The van der Waals surface area contributed by atoms with Crippen molar-refractivity contribution in [2.75, 3.05) is 0 Å². The first-order valence-electron chi connectivity index (χ1n) is 14.1. The van der Waals surface area contributed by atoms with Crippen LogP contribution in [0.5, 0.6) is 0 Å². The van der Waals surface area contributed by atoms with Crippen LogP contribution in [-0.2, 0) is 24.7 Å². The average molecular weight is 676 g/mol. The summed E-state index contributed by atoms with van der Waals surface area (Å²) in [6, 6.07) is 11.0. The number of nitrogens with zero attached hydrogens (tertiary/aromatic N) is 2. The molecule has 0 saturated carbocycles. The number of alkyl halides is 12. The third kappa shape index (κ3) is 3.57. The maximum atomic E-state index is 14.0. The van der Waals surface area contributed by atoms with Gasteiger partial charge in [0.1, 0.15) is 0 Å². The average Bonchev–Trinajstić information content (AvgIpc) is 3.70. The van der Waals surface area contributed by atoms with Crippen molar-refractivity contribution in [3.63, 3.8) is 0 Å². The zero-order valence-corrected chi connectivity index (χ0v) is 23.4. The van der Waals surface area contributed by atoms with Crippen LogP contribution in [0.3, 0.4) is 0 Å². The molecule has 0 saturated heterocycles. The lowest BCUT2D eigenvalue weighted by Gasteiger charge is -2.09. The van der Waals surface area contributed by atoms with Gasteiger partial charge in [0.2, 0.25) is 0 Å². The van der Waals surface area contributed by atoms with Gasteiger partial charge in [0.25, 0.3) is 0 Å². The summed E-state index contributed by atoms with van der Waals surface area (Å²) in [5.41, 5.74) is -4.34. The third-order valence-corrected chi connectivity index (χ3v) is 9.24. The summed E-state index contributed by atoms with van der Waals surface area (Å²) in [5, 5.41) is 1.63. The zero-order valence-electron chi connectivity index (χ0n) is 23.4. The Bertz CT molecular complexity index is 2450. The molecular formula is C34H12F12N2. The summed E-state index contributed by atoms with van der Waals surface area (Å²) in [7, 11) is 0. The van der Waals surface area contributed by atoms with E-state index in [2.05, 4.69) is 0 Å². The van der Waals surface area contributed by atoms with Crippen LogP contribution in [0.25, 0.3) is 76.2 Å². The van der Waals surface area contributed by atoms with Crippen LogP contribution in [0.1, 0.15) is 22.3 Å². The first kappa shape index (κ1) is 29.0. The first-order chi connectivity index (χ1) is 22.4. The van der Waals surface area contributed by atoms with Gasteiger partial charge >= 0.3 is 24.7 Å². The molecule has 4 heterocycles. The molecular weight excluding hydrogens is 664 g/mol. The van der Waals surface area contributed by atoms with Crippen molar-refractivity contribution in [2.45, 2.75) is 24.7 Å². The number of hydrogen-bond acceptors (Lipinski definition) is 0. The van der Waals surface area contributed by atoms with E-state index in [9.17, 15) is 52.7 Å². The molecule has 2 nitrogen and oxygen atoms in total. The van der Waals surface area contributed by atoms with E-state index in [1.165, 1.54) is 8.80 Å². The standard InChI is InChI=1S/C34H12F12N2/c35-31(36,37)13-1-5-17-21(9-13)47-22-10-14(32(38,39)40)3-7-19(22)27-28-20-8-4-16(34(44,45)46)12-24(20)48-23-11-15(33(41,42)43)2-6-18(23)26(30(28)48)25(17)29(27)47/h1-12H. The molecule has 0 bridgehead atoms. The van der Waals surface area contributed by atoms with Gasteiger partial charge in [0.05, 0.1) is 55.4 Å². The fourth-order valence-electron chi connectivity index (χ4n) is 7.38. The van der Waals surface area contributed by atoms with E-state index in [0.717, 1.165) is 72.8 Å². The van der Waals surface area contributed by atoms with Crippen molar-refractivity contribution in [1.82, 2.24) is 8.80 Å². The van der Waals surface area contributed by atoms with Crippen LogP contribution < -0.4 is 0 Å². The van der Waals surface area contributed by atoms with Crippen LogP contribution in [0.2, 0.25) is 0 Å². The molecule has 14 heteroatoms. The molecule has 48 heavy (non-hydrogen) atoms. The second kappa shape index (κ2) is 8.47. The van der Waals surface area contributed by atoms with E-state index in [1.54, 1.807) is 0 Å². The molecule has 0 spiro atoms. The van der Waals surface area contributed by atoms with E-state index < -0.39 is 47.0 Å². The molecule has 9 aromatic rings. The monoisotopic (exact) mass is 676 g/mol. The highest BCUT2D eigenvalue weighted by molar-refractivity contribution is 6.45. The van der Waals surface area contributed by atoms with Gasteiger partial charge in [-0.2, -0.15) is 52.7 Å². The SMILES string of the molecule is FC(F)(F)c1ccc2c3c4c5ccc(C(F)(F)F)cc5n5c6cc(C(F)(F)F)ccc6c(c6c7ccc(C(F)(F)F)cc7n(c2c1)c36)c45. The second-order valence-electron chi connectivity index (χ2n) is 11.8. The van der Waals surface area contributed by atoms with Crippen molar-refractivity contribution in [1.29, 1.82) is 0 Å². The van der Waals surface area contributed by atoms with Gasteiger partial charge in [-0.3, -0.25) is 0 Å². The molecule has 0 fully saturated rings. The Labute approximate surface area is 257 Å². The normalized spacial score (nSPS) is 14.2. The molecule has 0 aliphatic carbocycles. The molecule has 4 aromatic heterocycles. The summed E-state index contributed by atoms with van der Waals surface area (Å²) in [4.78, 5) is 0. The van der Waals surface area contributed by atoms with Crippen LogP contribution in [0, 0.1) is 0 Å². The van der Waals surface area contributed by atoms with E-state index in [1.807, 2.05) is 0 Å². The lowest BCUT2D eigenvalue weighted by atomic mass is 9.96. The molecule has 0 atom stereocenters. The third-order valence-electron chi connectivity index (χ3n) is 9.24. The number of aromatic nitrogens is 2. The Hall–Kier alpha value is -5.14. The van der Waals surface area contributed by atoms with Crippen molar-refractivity contribution < 1.29 is 52.7 Å². The van der Waals surface area contributed by atoms with Crippen molar-refractivity contribution >= 4 is 76.2 Å². The maximum Gasteiger partial charge on any atom is 0.416 e. The topological polar surface area (TPSA) is 8.82 Å². The molecule has 0 aliphatic heterocycles. The van der Waals surface area contributed by atoms with E-state index >= 15 is 0 Å². The molecule has 0 aliphatic rings. The Morgan fingerprint density at radius 2 is 0.521 bits per heavy atom. The fourth-order valence-corrected chi connectivity index (χ4v) is 7.38. The second-order valence-corrected chi connectivity index (χ2v) is 11.8. The summed E-state index contributed by atoms with van der Waals surface area (Å²) in [5.74, 6) is 0. The lowest BCUT2D eigenvalue weighted by Crippen LogP contribution is -2.05. The molecule has 0 unspecified atom stereocenters. The molecule has 0 radical (unpaired) electrons. The number of rotatable bonds is 0. The first-order valence-corrected chi connectivity index (χ1v) is 14.1. The minimum absolute atomic E-state index is 0.0985. The molecule has 9 rings (SSSR count). The summed E-state index contributed by atoms with van der Waals surface area (Å²) in [6.07, 6.45) is -19.3. The predicted molar refractivity (Wildman–Crippen MR) is 156 cm³/mol. The number of fused-ring (bicyclic) bond motifs is 14. The number of benzene rings is 5. The summed E-state index contributed by atoms with van der Waals surface area (Å²) in [6.45, 7) is 0. The molecule has 0 amide bonds. The van der Waals surface area contributed by atoms with Crippen molar-refractivity contribution in [2.24, 2.45) is 0 Å². The van der Waals surface area contributed by atoms with E-state index in [-0.39, 0.29) is 76.2 Å². The van der Waals surface area contributed by atoms with Crippen LogP contribution in [-0.4, -0.2) is 8.80 Å². The highest BCUT2D eigenvalue weighted by Gasteiger charge is 2.37. The van der Waals surface area contributed by atoms with Gasteiger partial charge in [0, 0.05) is 43.1 Å². The number of hydrogen-bond donors (Lipinski definition) is 0. The highest BCUT2D eigenvalue weighted by Crippen LogP contribution is 2.53. The van der Waals surface area contributed by atoms with Crippen LogP contribution in [0.15, 0.2) is 72.8 Å². The van der Waals surface area contributed by atoms with Gasteiger partial charge in [0.15, 0.2) is 0 Å². The molecule has 5 aromatic carbocycles. The number of halogens is 12. The molecule has 242 valence electrons. The quantitative estimate of drug-likeness (QED) is 0.141. The van der Waals surface area contributed by atoms with Gasteiger partial charge in [-0.25, -0.2) is 0 Å². The summed E-state index contributed by atoms with van der Waals surface area (Å²) < 4.78 is 170. The predicted octanol–water partition coefficient (Wildman–Crippen LogP) is 12.1. The lowest BCUT2D eigenvalue weighted by molar-refractivity contribution is -0.138. The van der Waals surface area contributed by atoms with Crippen molar-refractivity contribution in [3.8, 4) is 0 Å². The van der Waals surface area contributed by atoms with E-state index in [4.69, 9.17) is 0 Å². The van der Waals surface area contributed by atoms with Gasteiger partial charge < -0.3 is 8.80 Å². The van der Waals surface area contributed by atoms with E-state index in [0.29, 0.717) is 0 Å². The maximum absolute atomic E-state index is 14.0. The minimum atomic E-state index is -4.83. The fraction of sp³-hybridized carbons (Fsp3) is 0.118.